The molecule has 1 rings (SSSR count). The van der Waals surface area contributed by atoms with Crippen molar-refractivity contribution in [3.63, 3.8) is 0 Å². The molecule has 1 heterocycles. The van der Waals surface area contributed by atoms with Gasteiger partial charge in [0.25, 0.3) is 5.91 Å². The van der Waals surface area contributed by atoms with Gasteiger partial charge in [-0.05, 0) is 19.1 Å². The molecule has 0 spiro atoms. The normalized spacial score (nSPS) is 9.62. The molecule has 0 aliphatic heterocycles. The zero-order valence-corrected chi connectivity index (χ0v) is 8.70. The summed E-state index contributed by atoms with van der Waals surface area (Å²) >= 11 is 0. The lowest BCUT2D eigenvalue weighted by Crippen LogP contribution is -2.31. The highest BCUT2D eigenvalue weighted by molar-refractivity contribution is 5.95. The number of pyridine rings is 1. The molecule has 86 valence electrons. The Bertz CT molecular complexity index is 395. The van der Waals surface area contributed by atoms with Gasteiger partial charge in [-0.15, -0.1) is 0 Å². The number of nitrogens with zero attached hydrogens (tertiary/aromatic N) is 1. The van der Waals surface area contributed by atoms with Crippen molar-refractivity contribution in [1.29, 1.82) is 0 Å². The van der Waals surface area contributed by atoms with Gasteiger partial charge in [0.05, 0.1) is 12.2 Å². The number of hydrogen-bond donors (Lipinski definition) is 1. The quantitative estimate of drug-likeness (QED) is 0.600. The van der Waals surface area contributed by atoms with Gasteiger partial charge < -0.3 is 10.1 Å². The van der Waals surface area contributed by atoms with Crippen LogP contribution in [0.1, 0.15) is 17.3 Å². The summed E-state index contributed by atoms with van der Waals surface area (Å²) in [5.74, 6) is -2.14. The van der Waals surface area contributed by atoms with Gasteiger partial charge in [-0.1, -0.05) is 0 Å². The van der Waals surface area contributed by atoms with Crippen LogP contribution in [0.4, 0.5) is 4.39 Å². The van der Waals surface area contributed by atoms with Crippen molar-refractivity contribution in [2.45, 2.75) is 6.92 Å². The number of hydrogen-bond acceptors (Lipinski definition) is 4. The van der Waals surface area contributed by atoms with Crippen LogP contribution in [0.3, 0.4) is 0 Å². The summed E-state index contributed by atoms with van der Waals surface area (Å²) in [5.41, 5.74) is -0.202. The van der Waals surface area contributed by atoms with Crippen LogP contribution in [0.5, 0.6) is 0 Å². The molecule has 0 radical (unpaired) electrons. The highest BCUT2D eigenvalue weighted by atomic mass is 19.1. The number of ether oxygens (including phenoxy) is 1. The second-order valence-electron chi connectivity index (χ2n) is 2.83. The third kappa shape index (κ3) is 3.30. The van der Waals surface area contributed by atoms with Crippen LogP contribution < -0.4 is 5.32 Å². The maximum atomic E-state index is 13.0. The lowest BCUT2D eigenvalue weighted by atomic mass is 10.2. The first kappa shape index (κ1) is 12.1. The van der Waals surface area contributed by atoms with Crippen molar-refractivity contribution in [3.05, 3.63) is 29.8 Å². The Kier molecular flexibility index (Phi) is 4.38. The summed E-state index contributed by atoms with van der Waals surface area (Å²) in [7, 11) is 0. The lowest BCUT2D eigenvalue weighted by Gasteiger charge is -2.04. The summed E-state index contributed by atoms with van der Waals surface area (Å²) in [5, 5.41) is 2.23. The Morgan fingerprint density at radius 1 is 1.56 bits per heavy atom. The lowest BCUT2D eigenvalue weighted by molar-refractivity contribution is -0.141. The molecule has 0 unspecified atom stereocenters. The van der Waals surface area contributed by atoms with Gasteiger partial charge in [0, 0.05) is 6.20 Å². The first-order chi connectivity index (χ1) is 7.65. The number of amides is 1. The van der Waals surface area contributed by atoms with Gasteiger partial charge in [0.15, 0.2) is 0 Å². The molecule has 0 saturated heterocycles. The van der Waals surface area contributed by atoms with Crippen LogP contribution in [-0.4, -0.2) is 30.0 Å². The van der Waals surface area contributed by atoms with Crippen molar-refractivity contribution in [2.75, 3.05) is 13.2 Å². The maximum absolute atomic E-state index is 13.0. The second kappa shape index (κ2) is 5.79. The smallest absolute Gasteiger partial charge is 0.325 e. The summed E-state index contributed by atoms with van der Waals surface area (Å²) in [4.78, 5) is 25.6. The van der Waals surface area contributed by atoms with E-state index in [4.69, 9.17) is 0 Å². The van der Waals surface area contributed by atoms with Crippen molar-refractivity contribution in [2.24, 2.45) is 0 Å². The number of rotatable bonds is 4. The molecule has 6 heteroatoms. The van der Waals surface area contributed by atoms with Crippen LogP contribution in [0.25, 0.3) is 0 Å². The first-order valence-corrected chi connectivity index (χ1v) is 4.69. The molecule has 0 aliphatic carbocycles. The fourth-order valence-corrected chi connectivity index (χ4v) is 1.02. The van der Waals surface area contributed by atoms with E-state index >= 15 is 0 Å². The van der Waals surface area contributed by atoms with E-state index in [1.807, 2.05) is 0 Å². The van der Waals surface area contributed by atoms with E-state index in [9.17, 15) is 14.0 Å². The van der Waals surface area contributed by atoms with E-state index in [1.54, 1.807) is 6.92 Å². The average molecular weight is 226 g/mol. The molecule has 0 atom stereocenters. The number of nitrogens with one attached hydrogen (secondary N) is 1. The molecular formula is C10H11FN2O3. The third-order valence-corrected chi connectivity index (χ3v) is 1.70. The Morgan fingerprint density at radius 2 is 2.31 bits per heavy atom. The molecule has 0 aliphatic rings. The Balaban J connectivity index is 2.54. The average Bonchev–Trinajstić information content (AvgIpc) is 2.27. The summed E-state index contributed by atoms with van der Waals surface area (Å²) < 4.78 is 17.6. The third-order valence-electron chi connectivity index (χ3n) is 1.70. The number of aromatic nitrogens is 1. The predicted molar refractivity (Wildman–Crippen MR) is 53.2 cm³/mol. The fourth-order valence-electron chi connectivity index (χ4n) is 1.02. The van der Waals surface area contributed by atoms with Crippen LogP contribution >= 0.6 is 0 Å². The van der Waals surface area contributed by atoms with Crippen molar-refractivity contribution < 1.29 is 18.7 Å². The van der Waals surface area contributed by atoms with Crippen molar-refractivity contribution in [3.8, 4) is 0 Å². The fraction of sp³-hybridized carbons (Fsp3) is 0.300. The predicted octanol–water partition coefficient (Wildman–Crippen LogP) is 0.514. The summed E-state index contributed by atoms with van der Waals surface area (Å²) in [6.07, 6.45) is 1.23. The standard InChI is InChI=1S/C10H11FN2O3/c1-2-16-8(14)6-13-10(15)7-4-3-5-12-9(7)11/h3-5H,2,6H2,1H3,(H,13,15). The molecule has 1 amide bonds. The van der Waals surface area contributed by atoms with Gasteiger partial charge in [0.2, 0.25) is 5.95 Å². The molecule has 0 fully saturated rings. The van der Waals surface area contributed by atoms with E-state index in [-0.39, 0.29) is 18.7 Å². The number of halogens is 1. The second-order valence-corrected chi connectivity index (χ2v) is 2.83. The molecule has 0 aromatic carbocycles. The van der Waals surface area contributed by atoms with E-state index < -0.39 is 17.8 Å². The molecule has 1 aromatic rings. The number of carbonyl (C=O) groups excluding carboxylic acids is 2. The Morgan fingerprint density at radius 3 is 2.94 bits per heavy atom. The van der Waals surface area contributed by atoms with Gasteiger partial charge in [-0.3, -0.25) is 9.59 Å². The largest absolute Gasteiger partial charge is 0.465 e. The van der Waals surface area contributed by atoms with Crippen LogP contribution in [0, 0.1) is 5.95 Å². The minimum atomic E-state index is -0.871. The van der Waals surface area contributed by atoms with E-state index in [1.165, 1.54) is 18.3 Å². The van der Waals surface area contributed by atoms with Gasteiger partial charge >= 0.3 is 5.97 Å². The molecule has 1 aromatic heterocycles. The van der Waals surface area contributed by atoms with E-state index in [2.05, 4.69) is 15.0 Å². The van der Waals surface area contributed by atoms with Crippen LogP contribution in [0.2, 0.25) is 0 Å². The highest BCUT2D eigenvalue weighted by Gasteiger charge is 2.12. The molecule has 16 heavy (non-hydrogen) atoms. The van der Waals surface area contributed by atoms with E-state index in [0.29, 0.717) is 0 Å². The summed E-state index contributed by atoms with van der Waals surface area (Å²) in [6, 6.07) is 2.71. The Labute approximate surface area is 91.6 Å². The zero-order chi connectivity index (χ0) is 12.0. The molecule has 0 bridgehead atoms. The van der Waals surface area contributed by atoms with Crippen molar-refractivity contribution >= 4 is 11.9 Å². The topological polar surface area (TPSA) is 68.3 Å². The van der Waals surface area contributed by atoms with E-state index in [0.717, 1.165) is 0 Å². The Hall–Kier alpha value is -1.98. The number of carbonyl (C=O) groups is 2. The van der Waals surface area contributed by atoms with Crippen LogP contribution in [0.15, 0.2) is 18.3 Å². The van der Waals surface area contributed by atoms with Crippen LogP contribution in [-0.2, 0) is 9.53 Å². The van der Waals surface area contributed by atoms with Gasteiger partial charge in [0.1, 0.15) is 6.54 Å². The first-order valence-electron chi connectivity index (χ1n) is 4.69. The SMILES string of the molecule is CCOC(=O)CNC(=O)c1cccnc1F. The molecule has 5 nitrogen and oxygen atoms in total. The number of esters is 1. The van der Waals surface area contributed by atoms with Crippen molar-refractivity contribution in [1.82, 2.24) is 10.3 Å². The minimum absolute atomic E-state index is 0.202. The molecular weight excluding hydrogens is 215 g/mol. The monoisotopic (exact) mass is 226 g/mol. The molecule has 1 N–H and O–H groups in total. The van der Waals surface area contributed by atoms with Gasteiger partial charge in [-0.25, -0.2) is 4.98 Å². The van der Waals surface area contributed by atoms with Gasteiger partial charge in [-0.2, -0.15) is 4.39 Å². The molecule has 0 saturated carbocycles. The highest BCUT2D eigenvalue weighted by Crippen LogP contribution is 2.02. The maximum Gasteiger partial charge on any atom is 0.325 e. The minimum Gasteiger partial charge on any atom is -0.465 e. The summed E-state index contributed by atoms with van der Waals surface area (Å²) in [6.45, 7) is 1.59. The zero-order valence-electron chi connectivity index (χ0n) is 8.70.